The molecular weight excluding hydrogens is 516 g/mol. The average Bonchev–Trinajstić information content (AvgIpc) is 3.40. The van der Waals surface area contributed by atoms with E-state index in [2.05, 4.69) is 15.6 Å². The number of halogens is 1. The number of aromatic nitrogens is 3. The van der Waals surface area contributed by atoms with Gasteiger partial charge in [0.2, 0.25) is 5.91 Å². The maximum atomic E-state index is 13.5. The molecule has 1 saturated heterocycles. The first-order valence-electron chi connectivity index (χ1n) is 13.1. The Morgan fingerprint density at radius 2 is 1.79 bits per heavy atom. The molecule has 1 aliphatic heterocycles. The summed E-state index contributed by atoms with van der Waals surface area (Å²) < 4.78 is 0. The number of nitrogens with zero attached hydrogens (tertiary/aromatic N) is 3. The highest BCUT2D eigenvalue weighted by atomic mass is 35.5. The second-order valence-corrected chi connectivity index (χ2v) is 10.2. The number of hydrogen-bond donors (Lipinski definition) is 4. The van der Waals surface area contributed by atoms with Crippen molar-refractivity contribution in [3.8, 4) is 11.4 Å². The van der Waals surface area contributed by atoms with Gasteiger partial charge in [-0.1, -0.05) is 54.1 Å². The average molecular weight is 547 g/mol. The molecule has 1 atom stereocenters. The second-order valence-electron chi connectivity index (χ2n) is 9.74. The van der Waals surface area contributed by atoms with Crippen LogP contribution in [-0.4, -0.2) is 63.0 Å². The minimum Gasteiger partial charge on any atom is -0.388 e. The minimum atomic E-state index is -0.592. The lowest BCUT2D eigenvalue weighted by Crippen LogP contribution is -2.39. The number of aromatic amines is 1. The normalized spacial score (nSPS) is 14.8. The third-order valence-electron chi connectivity index (χ3n) is 7.03. The molecule has 0 bridgehead atoms. The molecule has 0 aliphatic carbocycles. The van der Waals surface area contributed by atoms with E-state index in [0.29, 0.717) is 72.4 Å². The molecule has 0 spiro atoms. The molecule has 4 N–H and O–H groups in total. The SMILES string of the molecule is CC(=O)NCCNc1nc(-c2ccccc2)nc2[nH]c(C(=O)N3CCC(C(O)c4ccc(Cl)cc4)CC3)cc12. The number of fused-ring (bicyclic) bond motifs is 1. The summed E-state index contributed by atoms with van der Waals surface area (Å²) in [5.74, 6) is 0.968. The molecule has 2 aromatic heterocycles. The van der Waals surface area contributed by atoms with Crippen molar-refractivity contribution in [1.29, 1.82) is 0 Å². The zero-order valence-corrected chi connectivity index (χ0v) is 22.4. The summed E-state index contributed by atoms with van der Waals surface area (Å²) in [7, 11) is 0. The second kappa shape index (κ2) is 11.8. The predicted octanol–water partition coefficient (Wildman–Crippen LogP) is 4.41. The maximum absolute atomic E-state index is 13.5. The number of likely N-dealkylation sites (tertiary alicyclic amines) is 1. The number of carbonyl (C=O) groups excluding carboxylic acids is 2. The standard InChI is InChI=1S/C29H31ClN6O3/c1-18(37)31-13-14-32-27-23-17-24(33-28(23)35-26(34-27)21-5-3-2-4-6-21)29(39)36-15-11-20(12-16-36)25(38)19-7-9-22(30)10-8-19/h2-10,17,20,25,38H,11-16H2,1H3,(H,31,37)(H2,32,33,34,35). The Kier molecular flexibility index (Phi) is 8.09. The molecule has 3 heterocycles. The van der Waals surface area contributed by atoms with Gasteiger partial charge in [-0.3, -0.25) is 9.59 Å². The molecule has 39 heavy (non-hydrogen) atoms. The molecule has 10 heteroatoms. The Balaban J connectivity index is 1.33. The van der Waals surface area contributed by atoms with E-state index in [9.17, 15) is 14.7 Å². The minimum absolute atomic E-state index is 0.0663. The molecule has 202 valence electrons. The van der Waals surface area contributed by atoms with Crippen LogP contribution in [0.3, 0.4) is 0 Å². The Bertz CT molecular complexity index is 1450. The van der Waals surface area contributed by atoms with Gasteiger partial charge in [0.05, 0.1) is 11.5 Å². The summed E-state index contributed by atoms with van der Waals surface area (Å²) in [6, 6.07) is 18.7. The molecule has 2 aromatic carbocycles. The highest BCUT2D eigenvalue weighted by Gasteiger charge is 2.29. The molecule has 1 aliphatic rings. The van der Waals surface area contributed by atoms with E-state index in [-0.39, 0.29) is 17.7 Å². The number of amides is 2. The topological polar surface area (TPSA) is 123 Å². The van der Waals surface area contributed by atoms with Crippen molar-refractivity contribution in [3.05, 3.63) is 76.9 Å². The van der Waals surface area contributed by atoms with Crippen LogP contribution in [0.4, 0.5) is 5.82 Å². The van der Waals surface area contributed by atoms with Gasteiger partial charge in [-0.15, -0.1) is 0 Å². The van der Waals surface area contributed by atoms with Gasteiger partial charge in [0, 0.05) is 43.7 Å². The quantitative estimate of drug-likeness (QED) is 0.243. The van der Waals surface area contributed by atoms with Gasteiger partial charge in [-0.2, -0.15) is 0 Å². The number of benzene rings is 2. The maximum Gasteiger partial charge on any atom is 0.270 e. The van der Waals surface area contributed by atoms with Gasteiger partial charge >= 0.3 is 0 Å². The molecule has 0 radical (unpaired) electrons. The lowest BCUT2D eigenvalue weighted by Gasteiger charge is -2.34. The van der Waals surface area contributed by atoms with E-state index >= 15 is 0 Å². The molecule has 1 unspecified atom stereocenters. The van der Waals surface area contributed by atoms with E-state index in [1.165, 1.54) is 6.92 Å². The number of anilines is 1. The summed E-state index contributed by atoms with van der Waals surface area (Å²) in [6.45, 7) is 3.48. The highest BCUT2D eigenvalue weighted by molar-refractivity contribution is 6.30. The van der Waals surface area contributed by atoms with Crippen LogP contribution >= 0.6 is 11.6 Å². The van der Waals surface area contributed by atoms with Crippen molar-refractivity contribution in [2.45, 2.75) is 25.9 Å². The van der Waals surface area contributed by atoms with Gasteiger partial charge in [0.1, 0.15) is 17.2 Å². The molecule has 5 rings (SSSR count). The summed E-state index contributed by atoms with van der Waals surface area (Å²) in [6.07, 6.45) is 0.804. The van der Waals surface area contributed by atoms with Crippen LogP contribution in [0.1, 0.15) is 41.9 Å². The van der Waals surface area contributed by atoms with Crippen LogP contribution in [0.5, 0.6) is 0 Å². The number of hydrogen-bond acceptors (Lipinski definition) is 6. The summed E-state index contributed by atoms with van der Waals surface area (Å²) >= 11 is 5.98. The Labute approximate surface area is 231 Å². The van der Waals surface area contributed by atoms with Gasteiger partial charge in [-0.05, 0) is 42.5 Å². The summed E-state index contributed by atoms with van der Waals surface area (Å²) in [5.41, 5.74) is 2.69. The van der Waals surface area contributed by atoms with E-state index < -0.39 is 6.10 Å². The number of nitrogens with one attached hydrogen (secondary N) is 3. The number of H-pyrrole nitrogens is 1. The lowest BCUT2D eigenvalue weighted by atomic mass is 9.87. The van der Waals surface area contributed by atoms with Gasteiger partial charge in [0.25, 0.3) is 5.91 Å². The fraction of sp³-hybridized carbons (Fsp3) is 0.310. The first-order chi connectivity index (χ1) is 18.9. The van der Waals surface area contributed by atoms with Crippen LogP contribution in [0, 0.1) is 5.92 Å². The van der Waals surface area contributed by atoms with Gasteiger partial charge in [-0.25, -0.2) is 9.97 Å². The van der Waals surface area contributed by atoms with E-state index in [1.54, 1.807) is 18.2 Å². The van der Waals surface area contributed by atoms with Crippen LogP contribution in [0.15, 0.2) is 60.7 Å². The monoisotopic (exact) mass is 546 g/mol. The molecule has 9 nitrogen and oxygen atoms in total. The fourth-order valence-corrected chi connectivity index (χ4v) is 5.04. The zero-order chi connectivity index (χ0) is 27.4. The number of rotatable bonds is 8. The highest BCUT2D eigenvalue weighted by Crippen LogP contribution is 2.32. The number of aliphatic hydroxyl groups is 1. The molecule has 2 amide bonds. The summed E-state index contributed by atoms with van der Waals surface area (Å²) in [4.78, 5) is 39.1. The van der Waals surface area contributed by atoms with Gasteiger partial charge in [0.15, 0.2) is 5.82 Å². The van der Waals surface area contributed by atoms with Crippen LogP contribution in [0.25, 0.3) is 22.4 Å². The van der Waals surface area contributed by atoms with Crippen LogP contribution in [-0.2, 0) is 4.79 Å². The zero-order valence-electron chi connectivity index (χ0n) is 21.7. The molecule has 1 fully saturated rings. The summed E-state index contributed by atoms with van der Waals surface area (Å²) in [5, 5.41) is 18.2. The number of aliphatic hydroxyl groups excluding tert-OH is 1. The number of piperidine rings is 1. The van der Waals surface area contributed by atoms with Gasteiger partial charge < -0.3 is 25.6 Å². The van der Waals surface area contributed by atoms with E-state index in [4.69, 9.17) is 21.6 Å². The van der Waals surface area contributed by atoms with Crippen molar-refractivity contribution in [2.24, 2.45) is 5.92 Å². The third-order valence-corrected chi connectivity index (χ3v) is 7.28. The lowest BCUT2D eigenvalue weighted by molar-refractivity contribution is -0.118. The first-order valence-corrected chi connectivity index (χ1v) is 13.4. The predicted molar refractivity (Wildman–Crippen MR) is 152 cm³/mol. The van der Waals surface area contributed by atoms with E-state index in [0.717, 1.165) is 11.1 Å². The van der Waals surface area contributed by atoms with Crippen molar-refractivity contribution >= 4 is 40.3 Å². The molecule has 0 saturated carbocycles. The smallest absolute Gasteiger partial charge is 0.270 e. The Morgan fingerprint density at radius 1 is 1.08 bits per heavy atom. The van der Waals surface area contributed by atoms with Crippen molar-refractivity contribution in [3.63, 3.8) is 0 Å². The van der Waals surface area contributed by atoms with E-state index in [1.807, 2.05) is 47.4 Å². The largest absolute Gasteiger partial charge is 0.388 e. The third kappa shape index (κ3) is 6.21. The molecular formula is C29H31ClN6O3. The molecule has 4 aromatic rings. The number of carbonyl (C=O) groups is 2. The Hall–Kier alpha value is -3.95. The fourth-order valence-electron chi connectivity index (χ4n) is 4.92. The van der Waals surface area contributed by atoms with Crippen molar-refractivity contribution < 1.29 is 14.7 Å². The van der Waals surface area contributed by atoms with Crippen molar-refractivity contribution in [2.75, 3.05) is 31.5 Å². The Morgan fingerprint density at radius 3 is 2.49 bits per heavy atom. The van der Waals surface area contributed by atoms with Crippen LogP contribution < -0.4 is 10.6 Å². The van der Waals surface area contributed by atoms with Crippen molar-refractivity contribution in [1.82, 2.24) is 25.2 Å². The first kappa shape index (κ1) is 26.6. The van der Waals surface area contributed by atoms with Crippen LogP contribution in [0.2, 0.25) is 5.02 Å².